The van der Waals surface area contributed by atoms with Crippen molar-refractivity contribution in [1.82, 2.24) is 19.6 Å². The van der Waals surface area contributed by atoms with E-state index in [1.165, 1.54) is 0 Å². The van der Waals surface area contributed by atoms with Gasteiger partial charge < -0.3 is 4.74 Å². The Kier molecular flexibility index (Phi) is 2.83. The molecule has 2 aromatic heterocycles. The van der Waals surface area contributed by atoms with E-state index in [0.717, 1.165) is 0 Å². The number of hydrogen-bond donors (Lipinski definition) is 0. The Morgan fingerprint density at radius 3 is 2.93 bits per heavy atom. The summed E-state index contributed by atoms with van der Waals surface area (Å²) in [6.07, 6.45) is 3.31. The van der Waals surface area contributed by atoms with Gasteiger partial charge in [-0.2, -0.15) is 0 Å². The van der Waals surface area contributed by atoms with Gasteiger partial charge in [-0.15, -0.1) is 10.2 Å². The van der Waals surface area contributed by atoms with Gasteiger partial charge in [-0.25, -0.2) is 0 Å². The second-order valence-corrected chi connectivity index (χ2v) is 3.79. The zero-order chi connectivity index (χ0) is 10.8. The molecular formula is C9H11ClN4O. The van der Waals surface area contributed by atoms with Crippen LogP contribution in [0.4, 0.5) is 0 Å². The number of halogens is 1. The minimum atomic E-state index is 0.151. The quantitative estimate of drug-likeness (QED) is 0.800. The van der Waals surface area contributed by atoms with Gasteiger partial charge in [-0.3, -0.25) is 9.38 Å². The van der Waals surface area contributed by atoms with E-state index in [1.807, 2.05) is 13.8 Å². The molecule has 0 aromatic carbocycles. The molecule has 0 radical (unpaired) electrons. The summed E-state index contributed by atoms with van der Waals surface area (Å²) in [7, 11) is 0. The molecule has 0 aliphatic heterocycles. The maximum Gasteiger partial charge on any atom is 0.180 e. The molecule has 0 spiro atoms. The van der Waals surface area contributed by atoms with Crippen LogP contribution < -0.4 is 0 Å². The molecule has 0 N–H and O–H groups in total. The van der Waals surface area contributed by atoms with Crippen molar-refractivity contribution >= 4 is 17.2 Å². The third-order valence-corrected chi connectivity index (χ3v) is 2.15. The molecule has 6 heteroatoms. The van der Waals surface area contributed by atoms with Crippen LogP contribution in [-0.2, 0) is 11.3 Å². The number of aromatic nitrogens is 4. The highest BCUT2D eigenvalue weighted by atomic mass is 35.5. The lowest BCUT2D eigenvalue weighted by Crippen LogP contribution is -2.05. The molecule has 0 bridgehead atoms. The predicted octanol–water partition coefficient (Wildman–Crippen LogP) is 1.70. The van der Waals surface area contributed by atoms with Crippen LogP contribution in [0.1, 0.15) is 19.7 Å². The molecule has 0 aliphatic rings. The van der Waals surface area contributed by atoms with Crippen molar-refractivity contribution in [3.8, 4) is 0 Å². The van der Waals surface area contributed by atoms with Gasteiger partial charge in [-0.1, -0.05) is 11.6 Å². The summed E-state index contributed by atoms with van der Waals surface area (Å²) in [5.74, 6) is 0.686. The first-order valence-electron chi connectivity index (χ1n) is 4.63. The van der Waals surface area contributed by atoms with Crippen molar-refractivity contribution in [2.24, 2.45) is 0 Å². The number of fused-ring (bicyclic) bond motifs is 1. The first kappa shape index (κ1) is 10.3. The Labute approximate surface area is 92.1 Å². The fourth-order valence-corrected chi connectivity index (χ4v) is 1.45. The van der Waals surface area contributed by atoms with Crippen molar-refractivity contribution < 1.29 is 4.74 Å². The van der Waals surface area contributed by atoms with Crippen LogP contribution in [0, 0.1) is 0 Å². The van der Waals surface area contributed by atoms with E-state index in [2.05, 4.69) is 15.2 Å². The molecule has 0 fully saturated rings. The molecule has 0 saturated carbocycles. The lowest BCUT2D eigenvalue weighted by Gasteiger charge is -2.06. The van der Waals surface area contributed by atoms with E-state index in [0.29, 0.717) is 23.2 Å². The Balaban J connectivity index is 2.35. The topological polar surface area (TPSA) is 52.3 Å². The van der Waals surface area contributed by atoms with Crippen LogP contribution in [0.5, 0.6) is 0 Å². The Bertz CT molecular complexity index is 468. The lowest BCUT2D eigenvalue weighted by molar-refractivity contribution is 0.0608. The van der Waals surface area contributed by atoms with E-state index in [4.69, 9.17) is 16.3 Å². The second-order valence-electron chi connectivity index (χ2n) is 3.40. The first-order valence-corrected chi connectivity index (χ1v) is 5.01. The number of hydrogen-bond acceptors (Lipinski definition) is 4. The van der Waals surface area contributed by atoms with Crippen molar-refractivity contribution in [2.45, 2.75) is 26.6 Å². The standard InChI is InChI=1S/C9H11ClN4O/c1-6(2)15-5-9-13-12-8-4-11-3-7(10)14(8)9/h3-4,6H,5H2,1-2H3. The van der Waals surface area contributed by atoms with Gasteiger partial charge >= 0.3 is 0 Å². The molecule has 0 saturated heterocycles. The van der Waals surface area contributed by atoms with Crippen LogP contribution in [0.15, 0.2) is 12.4 Å². The normalized spacial score (nSPS) is 11.5. The average molecular weight is 227 g/mol. The molecule has 0 atom stereocenters. The fourth-order valence-electron chi connectivity index (χ4n) is 1.20. The molecule has 2 aromatic rings. The molecule has 2 heterocycles. The van der Waals surface area contributed by atoms with Gasteiger partial charge in [0.25, 0.3) is 0 Å². The van der Waals surface area contributed by atoms with E-state index in [1.54, 1.807) is 16.8 Å². The second kappa shape index (κ2) is 4.12. The minimum absolute atomic E-state index is 0.151. The highest BCUT2D eigenvalue weighted by molar-refractivity contribution is 6.29. The van der Waals surface area contributed by atoms with Crippen molar-refractivity contribution in [2.75, 3.05) is 0 Å². The number of rotatable bonds is 3. The molecule has 15 heavy (non-hydrogen) atoms. The highest BCUT2D eigenvalue weighted by Gasteiger charge is 2.09. The third kappa shape index (κ3) is 2.08. The van der Waals surface area contributed by atoms with Gasteiger partial charge in [0.2, 0.25) is 0 Å². The zero-order valence-electron chi connectivity index (χ0n) is 8.51. The summed E-state index contributed by atoms with van der Waals surface area (Å²) in [4.78, 5) is 3.92. The first-order chi connectivity index (χ1) is 7.18. The summed E-state index contributed by atoms with van der Waals surface area (Å²) in [5, 5.41) is 8.42. The number of ether oxygens (including phenoxy) is 1. The molecule has 80 valence electrons. The van der Waals surface area contributed by atoms with Crippen molar-refractivity contribution in [3.63, 3.8) is 0 Å². The van der Waals surface area contributed by atoms with E-state index in [9.17, 15) is 0 Å². The molecule has 5 nitrogen and oxygen atoms in total. The maximum atomic E-state index is 5.98. The Morgan fingerprint density at radius 2 is 2.20 bits per heavy atom. The molecule has 0 unspecified atom stereocenters. The Morgan fingerprint density at radius 1 is 1.40 bits per heavy atom. The van der Waals surface area contributed by atoms with Gasteiger partial charge in [0, 0.05) is 0 Å². The molecule has 0 amide bonds. The van der Waals surface area contributed by atoms with Crippen LogP contribution in [-0.4, -0.2) is 25.7 Å². The van der Waals surface area contributed by atoms with Crippen LogP contribution in [0.3, 0.4) is 0 Å². The van der Waals surface area contributed by atoms with E-state index in [-0.39, 0.29) is 6.10 Å². The monoisotopic (exact) mass is 226 g/mol. The molecule has 0 aliphatic carbocycles. The lowest BCUT2D eigenvalue weighted by atomic mass is 10.5. The summed E-state index contributed by atoms with van der Waals surface area (Å²) in [6.45, 7) is 4.32. The smallest absolute Gasteiger partial charge is 0.180 e. The molecule has 2 rings (SSSR count). The van der Waals surface area contributed by atoms with Crippen LogP contribution >= 0.6 is 11.6 Å². The summed E-state index contributed by atoms with van der Waals surface area (Å²) in [6, 6.07) is 0. The largest absolute Gasteiger partial charge is 0.371 e. The average Bonchev–Trinajstić information content (AvgIpc) is 2.59. The van der Waals surface area contributed by atoms with Crippen LogP contribution in [0.2, 0.25) is 5.15 Å². The van der Waals surface area contributed by atoms with Gasteiger partial charge in [0.05, 0.1) is 18.5 Å². The van der Waals surface area contributed by atoms with Crippen molar-refractivity contribution in [3.05, 3.63) is 23.4 Å². The Hall–Kier alpha value is -1.20. The minimum Gasteiger partial charge on any atom is -0.371 e. The van der Waals surface area contributed by atoms with E-state index >= 15 is 0 Å². The van der Waals surface area contributed by atoms with Crippen LogP contribution in [0.25, 0.3) is 5.65 Å². The number of nitrogens with zero attached hydrogens (tertiary/aromatic N) is 4. The van der Waals surface area contributed by atoms with E-state index < -0.39 is 0 Å². The molecular weight excluding hydrogens is 216 g/mol. The van der Waals surface area contributed by atoms with Gasteiger partial charge in [0.1, 0.15) is 11.8 Å². The van der Waals surface area contributed by atoms with Gasteiger partial charge in [0.15, 0.2) is 11.5 Å². The SMILES string of the molecule is CC(C)OCc1nnc2cncc(Cl)n12. The summed E-state index contributed by atoms with van der Waals surface area (Å²) < 4.78 is 7.17. The predicted molar refractivity (Wildman–Crippen MR) is 55.7 cm³/mol. The summed E-state index contributed by atoms with van der Waals surface area (Å²) >= 11 is 5.98. The maximum absolute atomic E-state index is 5.98. The fraction of sp³-hybridized carbons (Fsp3) is 0.444. The zero-order valence-corrected chi connectivity index (χ0v) is 9.27. The highest BCUT2D eigenvalue weighted by Crippen LogP contribution is 2.12. The van der Waals surface area contributed by atoms with Gasteiger partial charge in [-0.05, 0) is 13.8 Å². The summed E-state index contributed by atoms with van der Waals surface area (Å²) in [5.41, 5.74) is 0.629. The van der Waals surface area contributed by atoms with Crippen molar-refractivity contribution in [1.29, 1.82) is 0 Å². The third-order valence-electron chi connectivity index (χ3n) is 1.89.